The fourth-order valence-corrected chi connectivity index (χ4v) is 3.14. The molecule has 24 heavy (non-hydrogen) atoms. The summed E-state index contributed by atoms with van der Waals surface area (Å²) in [5.41, 5.74) is 2.66. The third kappa shape index (κ3) is 3.48. The molecule has 3 rings (SSSR count). The molecule has 6 heteroatoms. The zero-order valence-corrected chi connectivity index (χ0v) is 15.2. The topological polar surface area (TPSA) is 59.8 Å². The minimum absolute atomic E-state index is 0.129. The third-order valence-electron chi connectivity index (χ3n) is 3.79. The Hall–Kier alpha value is -2.21. The molecule has 1 N–H and O–H groups in total. The Labute approximate surface area is 149 Å². The van der Waals surface area contributed by atoms with Crippen LogP contribution in [0.25, 0.3) is 11.0 Å². The Bertz CT molecular complexity index is 872. The number of amides is 1. The molecule has 0 aliphatic carbocycles. The van der Waals surface area contributed by atoms with Gasteiger partial charge in [-0.15, -0.1) is 0 Å². The van der Waals surface area contributed by atoms with Crippen molar-refractivity contribution in [1.82, 2.24) is 19.9 Å². The second kappa shape index (κ2) is 7.13. The van der Waals surface area contributed by atoms with Gasteiger partial charge in [0, 0.05) is 35.9 Å². The predicted molar refractivity (Wildman–Crippen MR) is 98.1 cm³/mol. The first-order chi connectivity index (χ1) is 11.6. The number of nitrogens with zero attached hydrogens (tertiary/aromatic N) is 3. The van der Waals surface area contributed by atoms with Crippen molar-refractivity contribution in [2.24, 2.45) is 0 Å². The fourth-order valence-electron chi connectivity index (χ4n) is 2.77. The van der Waals surface area contributed by atoms with Crippen LogP contribution in [0.15, 0.2) is 47.2 Å². The Morgan fingerprint density at radius 3 is 2.83 bits per heavy atom. The van der Waals surface area contributed by atoms with E-state index in [4.69, 9.17) is 4.98 Å². The highest BCUT2D eigenvalue weighted by molar-refractivity contribution is 9.10. The minimum Gasteiger partial charge on any atom is -0.352 e. The molecule has 2 heterocycles. The van der Waals surface area contributed by atoms with Gasteiger partial charge in [-0.1, -0.05) is 12.1 Å². The van der Waals surface area contributed by atoms with Gasteiger partial charge >= 0.3 is 0 Å². The van der Waals surface area contributed by atoms with Crippen LogP contribution in [0.3, 0.4) is 0 Å². The van der Waals surface area contributed by atoms with Crippen LogP contribution in [-0.2, 0) is 6.42 Å². The number of fused-ring (bicyclic) bond motifs is 1. The first-order valence-electron chi connectivity index (χ1n) is 7.91. The van der Waals surface area contributed by atoms with Crippen molar-refractivity contribution in [3.8, 4) is 0 Å². The van der Waals surface area contributed by atoms with Crippen LogP contribution in [0.1, 0.15) is 36.1 Å². The van der Waals surface area contributed by atoms with E-state index in [1.807, 2.05) is 18.2 Å². The molecule has 124 valence electrons. The van der Waals surface area contributed by atoms with Crippen LogP contribution in [0.4, 0.5) is 0 Å². The molecule has 0 unspecified atom stereocenters. The van der Waals surface area contributed by atoms with Gasteiger partial charge in [0.2, 0.25) is 0 Å². The highest BCUT2D eigenvalue weighted by Crippen LogP contribution is 2.21. The molecule has 0 aliphatic rings. The van der Waals surface area contributed by atoms with Gasteiger partial charge in [-0.3, -0.25) is 9.78 Å². The molecular formula is C18H19BrN4O. The van der Waals surface area contributed by atoms with E-state index in [-0.39, 0.29) is 5.91 Å². The van der Waals surface area contributed by atoms with Crippen LogP contribution < -0.4 is 5.32 Å². The lowest BCUT2D eigenvalue weighted by atomic mass is 10.2. The van der Waals surface area contributed by atoms with Crippen molar-refractivity contribution in [1.29, 1.82) is 0 Å². The van der Waals surface area contributed by atoms with Gasteiger partial charge in [0.1, 0.15) is 5.82 Å². The van der Waals surface area contributed by atoms with Crippen molar-refractivity contribution in [3.63, 3.8) is 0 Å². The van der Waals surface area contributed by atoms with Crippen LogP contribution >= 0.6 is 15.9 Å². The first-order valence-corrected chi connectivity index (χ1v) is 8.70. The van der Waals surface area contributed by atoms with Crippen LogP contribution in [0.2, 0.25) is 0 Å². The number of hydrogen-bond donors (Lipinski definition) is 1. The highest BCUT2D eigenvalue weighted by atomic mass is 79.9. The number of hydrogen-bond acceptors (Lipinski definition) is 3. The molecule has 0 atom stereocenters. The molecule has 5 nitrogen and oxygen atoms in total. The van der Waals surface area contributed by atoms with E-state index in [0.717, 1.165) is 21.3 Å². The standard InChI is InChI=1S/C18H19BrN4O/c1-12(2)23-16-6-4-3-5-15(16)22-17(23)7-8-21-18(24)13-9-14(19)11-20-10-13/h3-6,9-12H,7-8H2,1-2H3,(H,21,24). The van der Waals surface area contributed by atoms with Gasteiger partial charge in [-0.2, -0.15) is 0 Å². The molecule has 0 fully saturated rings. The van der Waals surface area contributed by atoms with Gasteiger partial charge in [0.15, 0.2) is 0 Å². The van der Waals surface area contributed by atoms with Crippen molar-refractivity contribution >= 4 is 32.9 Å². The van der Waals surface area contributed by atoms with Crippen molar-refractivity contribution in [2.45, 2.75) is 26.3 Å². The Kier molecular flexibility index (Phi) is 4.94. The Morgan fingerprint density at radius 2 is 2.08 bits per heavy atom. The van der Waals surface area contributed by atoms with Gasteiger partial charge in [0.25, 0.3) is 5.91 Å². The summed E-state index contributed by atoms with van der Waals surface area (Å²) in [6, 6.07) is 10.2. The van der Waals surface area contributed by atoms with E-state index in [1.54, 1.807) is 18.5 Å². The summed E-state index contributed by atoms with van der Waals surface area (Å²) in [6.07, 6.45) is 3.89. The molecule has 2 aromatic heterocycles. The number of nitrogens with one attached hydrogen (secondary N) is 1. The lowest BCUT2D eigenvalue weighted by Gasteiger charge is -2.13. The number of para-hydroxylation sites is 2. The van der Waals surface area contributed by atoms with Gasteiger partial charge in [0.05, 0.1) is 16.6 Å². The van der Waals surface area contributed by atoms with Gasteiger partial charge in [-0.05, 0) is 48.0 Å². The molecule has 1 aromatic carbocycles. The van der Waals surface area contributed by atoms with Crippen molar-refractivity contribution < 1.29 is 4.79 Å². The summed E-state index contributed by atoms with van der Waals surface area (Å²) in [6.45, 7) is 4.81. The number of halogens is 1. The number of carbonyl (C=O) groups is 1. The quantitative estimate of drug-likeness (QED) is 0.726. The van der Waals surface area contributed by atoms with E-state index in [2.05, 4.69) is 50.7 Å². The van der Waals surface area contributed by atoms with Gasteiger partial charge in [-0.25, -0.2) is 4.98 Å². The Balaban J connectivity index is 1.72. The number of rotatable bonds is 5. The fraction of sp³-hybridized carbons (Fsp3) is 0.278. The van der Waals surface area contributed by atoms with E-state index >= 15 is 0 Å². The minimum atomic E-state index is -0.129. The van der Waals surface area contributed by atoms with Gasteiger partial charge < -0.3 is 9.88 Å². The number of aromatic nitrogens is 3. The normalized spacial score (nSPS) is 11.2. The third-order valence-corrected chi connectivity index (χ3v) is 4.22. The number of pyridine rings is 1. The zero-order valence-electron chi connectivity index (χ0n) is 13.7. The number of imidazole rings is 1. The molecule has 0 bridgehead atoms. The van der Waals surface area contributed by atoms with Crippen LogP contribution in [-0.4, -0.2) is 27.0 Å². The van der Waals surface area contributed by atoms with Crippen LogP contribution in [0.5, 0.6) is 0 Å². The van der Waals surface area contributed by atoms with Crippen LogP contribution in [0, 0.1) is 0 Å². The first kappa shape index (κ1) is 16.6. The molecule has 0 saturated carbocycles. The molecule has 0 radical (unpaired) electrons. The average Bonchev–Trinajstić information content (AvgIpc) is 2.93. The summed E-state index contributed by atoms with van der Waals surface area (Å²) in [5.74, 6) is 0.856. The second-order valence-corrected chi connectivity index (χ2v) is 6.79. The SMILES string of the molecule is CC(C)n1c(CCNC(=O)c2cncc(Br)c2)nc2ccccc21. The lowest BCUT2D eigenvalue weighted by molar-refractivity contribution is 0.0953. The number of benzene rings is 1. The molecule has 0 spiro atoms. The highest BCUT2D eigenvalue weighted by Gasteiger charge is 2.13. The summed E-state index contributed by atoms with van der Waals surface area (Å²) in [4.78, 5) is 20.9. The second-order valence-electron chi connectivity index (χ2n) is 5.88. The summed E-state index contributed by atoms with van der Waals surface area (Å²) in [7, 11) is 0. The van der Waals surface area contributed by atoms with Crippen molar-refractivity contribution in [3.05, 3.63) is 58.6 Å². The summed E-state index contributed by atoms with van der Waals surface area (Å²) in [5, 5.41) is 2.93. The number of carbonyl (C=O) groups excluding carboxylic acids is 1. The summed E-state index contributed by atoms with van der Waals surface area (Å²) < 4.78 is 3.01. The van der Waals surface area contributed by atoms with E-state index in [1.165, 1.54) is 0 Å². The van der Waals surface area contributed by atoms with E-state index in [0.29, 0.717) is 24.6 Å². The lowest BCUT2D eigenvalue weighted by Crippen LogP contribution is -2.26. The zero-order chi connectivity index (χ0) is 17.1. The summed E-state index contributed by atoms with van der Waals surface area (Å²) >= 11 is 3.32. The molecular weight excluding hydrogens is 368 g/mol. The van der Waals surface area contributed by atoms with E-state index in [9.17, 15) is 4.79 Å². The maximum atomic E-state index is 12.2. The maximum Gasteiger partial charge on any atom is 0.252 e. The predicted octanol–water partition coefficient (Wildman–Crippen LogP) is 3.75. The monoisotopic (exact) mass is 386 g/mol. The van der Waals surface area contributed by atoms with E-state index < -0.39 is 0 Å². The maximum absolute atomic E-state index is 12.2. The molecule has 0 aliphatic heterocycles. The Morgan fingerprint density at radius 1 is 1.29 bits per heavy atom. The molecule has 1 amide bonds. The largest absolute Gasteiger partial charge is 0.352 e. The smallest absolute Gasteiger partial charge is 0.252 e. The molecule has 0 saturated heterocycles. The molecule has 3 aromatic rings. The average molecular weight is 387 g/mol. The van der Waals surface area contributed by atoms with Crippen molar-refractivity contribution in [2.75, 3.05) is 6.54 Å².